The molecule has 1 aliphatic carbocycles. The SMILES string of the molecule is O=C(Cn1c(C2CCCCC2)nc2ccccc21)N1CCC(O)CC1. The molecule has 0 unspecified atom stereocenters. The fraction of sp³-hybridized carbons (Fsp3) is 0.600. The number of para-hydroxylation sites is 2. The van der Waals surface area contributed by atoms with Crippen LogP contribution in [-0.2, 0) is 11.3 Å². The van der Waals surface area contributed by atoms with Crippen molar-refractivity contribution in [3.8, 4) is 0 Å². The Kier molecular flexibility index (Phi) is 4.75. The summed E-state index contributed by atoms with van der Waals surface area (Å²) in [4.78, 5) is 19.6. The molecule has 5 heteroatoms. The Labute approximate surface area is 148 Å². The van der Waals surface area contributed by atoms with E-state index in [9.17, 15) is 9.90 Å². The van der Waals surface area contributed by atoms with Crippen molar-refractivity contribution in [2.24, 2.45) is 0 Å². The Morgan fingerprint density at radius 1 is 1.08 bits per heavy atom. The zero-order chi connectivity index (χ0) is 17.2. The van der Waals surface area contributed by atoms with E-state index >= 15 is 0 Å². The number of piperidine rings is 1. The van der Waals surface area contributed by atoms with E-state index < -0.39 is 0 Å². The molecular weight excluding hydrogens is 314 g/mol. The van der Waals surface area contributed by atoms with Gasteiger partial charge in [0.25, 0.3) is 0 Å². The van der Waals surface area contributed by atoms with Crippen LogP contribution in [0.3, 0.4) is 0 Å². The lowest BCUT2D eigenvalue weighted by atomic mass is 9.88. The first kappa shape index (κ1) is 16.6. The topological polar surface area (TPSA) is 58.4 Å². The molecule has 1 saturated carbocycles. The molecule has 0 bridgehead atoms. The molecule has 0 radical (unpaired) electrons. The van der Waals surface area contributed by atoms with Crippen LogP contribution in [0.1, 0.15) is 56.7 Å². The second-order valence-electron chi connectivity index (χ2n) is 7.49. The van der Waals surface area contributed by atoms with Gasteiger partial charge in [0.1, 0.15) is 12.4 Å². The van der Waals surface area contributed by atoms with Crippen LogP contribution in [0.5, 0.6) is 0 Å². The number of aromatic nitrogens is 2. The summed E-state index contributed by atoms with van der Waals surface area (Å²) in [5.74, 6) is 1.70. The van der Waals surface area contributed by atoms with Crippen molar-refractivity contribution in [3.63, 3.8) is 0 Å². The van der Waals surface area contributed by atoms with E-state index in [1.54, 1.807) is 0 Å². The molecular formula is C20H27N3O2. The molecule has 4 rings (SSSR count). The van der Waals surface area contributed by atoms with E-state index in [-0.39, 0.29) is 12.0 Å². The summed E-state index contributed by atoms with van der Waals surface area (Å²) in [5.41, 5.74) is 2.05. The second kappa shape index (κ2) is 7.16. The lowest BCUT2D eigenvalue weighted by Crippen LogP contribution is -2.41. The fourth-order valence-electron chi connectivity index (χ4n) is 4.28. The molecule has 2 fully saturated rings. The maximum absolute atomic E-state index is 12.8. The Bertz CT molecular complexity index is 740. The molecule has 134 valence electrons. The summed E-state index contributed by atoms with van der Waals surface area (Å²) < 4.78 is 2.15. The summed E-state index contributed by atoms with van der Waals surface area (Å²) in [6.45, 7) is 1.68. The van der Waals surface area contributed by atoms with Crippen LogP contribution < -0.4 is 0 Å². The molecule has 1 saturated heterocycles. The average Bonchev–Trinajstić information content (AvgIpc) is 3.02. The van der Waals surface area contributed by atoms with Gasteiger partial charge in [0.05, 0.1) is 17.1 Å². The zero-order valence-electron chi connectivity index (χ0n) is 14.7. The number of hydrogen-bond acceptors (Lipinski definition) is 3. The van der Waals surface area contributed by atoms with Gasteiger partial charge < -0.3 is 14.6 Å². The largest absolute Gasteiger partial charge is 0.393 e. The van der Waals surface area contributed by atoms with Crippen molar-refractivity contribution in [2.45, 2.75) is 63.5 Å². The summed E-state index contributed by atoms with van der Waals surface area (Å²) in [5, 5.41) is 9.67. The number of fused-ring (bicyclic) bond motifs is 1. The van der Waals surface area contributed by atoms with E-state index in [2.05, 4.69) is 10.6 Å². The van der Waals surface area contributed by atoms with E-state index in [1.165, 1.54) is 32.1 Å². The van der Waals surface area contributed by atoms with Gasteiger partial charge >= 0.3 is 0 Å². The van der Waals surface area contributed by atoms with Crippen molar-refractivity contribution in [2.75, 3.05) is 13.1 Å². The molecule has 2 aliphatic rings. The highest BCUT2D eigenvalue weighted by Crippen LogP contribution is 2.34. The smallest absolute Gasteiger partial charge is 0.242 e. The lowest BCUT2D eigenvalue weighted by Gasteiger charge is -2.30. The first-order valence-corrected chi connectivity index (χ1v) is 9.63. The minimum atomic E-state index is -0.254. The quantitative estimate of drug-likeness (QED) is 0.933. The van der Waals surface area contributed by atoms with Crippen molar-refractivity contribution in [1.82, 2.24) is 14.5 Å². The predicted octanol–water partition coefficient (Wildman–Crippen LogP) is 3.07. The number of likely N-dealkylation sites (tertiary alicyclic amines) is 1. The van der Waals surface area contributed by atoms with Crippen LogP contribution in [0.4, 0.5) is 0 Å². The number of nitrogens with zero attached hydrogens (tertiary/aromatic N) is 3. The average molecular weight is 341 g/mol. The highest BCUT2D eigenvalue weighted by Gasteiger charge is 2.26. The predicted molar refractivity (Wildman–Crippen MR) is 97.4 cm³/mol. The summed E-state index contributed by atoms with van der Waals surface area (Å²) in [6, 6.07) is 8.15. The molecule has 1 amide bonds. The first-order valence-electron chi connectivity index (χ1n) is 9.63. The minimum absolute atomic E-state index is 0.145. The number of aliphatic hydroxyl groups excluding tert-OH is 1. The van der Waals surface area contributed by atoms with Crippen molar-refractivity contribution in [1.29, 1.82) is 0 Å². The van der Waals surface area contributed by atoms with Gasteiger partial charge in [-0.1, -0.05) is 31.4 Å². The number of hydrogen-bond donors (Lipinski definition) is 1. The first-order chi connectivity index (χ1) is 12.2. The summed E-state index contributed by atoms with van der Waals surface area (Å²) in [7, 11) is 0. The van der Waals surface area contributed by atoms with Crippen LogP contribution in [0.15, 0.2) is 24.3 Å². The number of amides is 1. The Morgan fingerprint density at radius 2 is 1.80 bits per heavy atom. The van der Waals surface area contributed by atoms with Gasteiger partial charge in [-0.3, -0.25) is 4.79 Å². The van der Waals surface area contributed by atoms with Crippen molar-refractivity contribution < 1.29 is 9.90 Å². The molecule has 25 heavy (non-hydrogen) atoms. The Hall–Kier alpha value is -1.88. The van der Waals surface area contributed by atoms with E-state index in [4.69, 9.17) is 4.98 Å². The summed E-state index contributed by atoms with van der Waals surface area (Å²) >= 11 is 0. The second-order valence-corrected chi connectivity index (χ2v) is 7.49. The fourth-order valence-corrected chi connectivity index (χ4v) is 4.28. The third-order valence-electron chi connectivity index (χ3n) is 5.76. The maximum Gasteiger partial charge on any atom is 0.242 e. The van der Waals surface area contributed by atoms with Crippen LogP contribution in [-0.4, -0.2) is 44.7 Å². The number of carbonyl (C=O) groups excluding carboxylic acids is 1. The van der Waals surface area contributed by atoms with Gasteiger partial charge in [0.2, 0.25) is 5.91 Å². The van der Waals surface area contributed by atoms with E-state index in [0.29, 0.717) is 38.4 Å². The molecule has 2 heterocycles. The number of imidazole rings is 1. The maximum atomic E-state index is 12.8. The monoisotopic (exact) mass is 341 g/mol. The minimum Gasteiger partial charge on any atom is -0.393 e. The number of rotatable bonds is 3. The van der Waals surface area contributed by atoms with Crippen LogP contribution in [0.2, 0.25) is 0 Å². The summed E-state index contributed by atoms with van der Waals surface area (Å²) in [6.07, 6.45) is 7.29. The molecule has 1 aliphatic heterocycles. The van der Waals surface area contributed by atoms with Crippen molar-refractivity contribution in [3.05, 3.63) is 30.1 Å². The van der Waals surface area contributed by atoms with Gasteiger partial charge in [0, 0.05) is 19.0 Å². The highest BCUT2D eigenvalue weighted by atomic mass is 16.3. The normalized spacial score (nSPS) is 20.3. The van der Waals surface area contributed by atoms with Gasteiger partial charge in [-0.15, -0.1) is 0 Å². The third-order valence-corrected chi connectivity index (χ3v) is 5.76. The Balaban J connectivity index is 1.61. The standard InChI is InChI=1S/C20H27N3O2/c24-16-10-12-22(13-11-16)19(25)14-23-18-9-5-4-8-17(18)21-20(23)15-6-2-1-3-7-15/h4-5,8-9,15-16,24H,1-3,6-7,10-14H2. The van der Waals surface area contributed by atoms with Gasteiger partial charge in [0.15, 0.2) is 0 Å². The van der Waals surface area contributed by atoms with Crippen LogP contribution in [0, 0.1) is 0 Å². The van der Waals surface area contributed by atoms with Crippen molar-refractivity contribution >= 4 is 16.9 Å². The number of carbonyl (C=O) groups is 1. The van der Waals surface area contributed by atoms with E-state index in [1.807, 2.05) is 23.1 Å². The van der Waals surface area contributed by atoms with Crippen LogP contribution >= 0.6 is 0 Å². The lowest BCUT2D eigenvalue weighted by molar-refractivity contribution is -0.133. The van der Waals surface area contributed by atoms with Gasteiger partial charge in [-0.2, -0.15) is 0 Å². The molecule has 0 spiro atoms. The Morgan fingerprint density at radius 3 is 2.56 bits per heavy atom. The van der Waals surface area contributed by atoms with Crippen LogP contribution in [0.25, 0.3) is 11.0 Å². The zero-order valence-corrected chi connectivity index (χ0v) is 14.7. The number of benzene rings is 1. The molecule has 2 aromatic rings. The molecule has 1 aromatic heterocycles. The van der Waals surface area contributed by atoms with Gasteiger partial charge in [-0.05, 0) is 37.8 Å². The molecule has 1 aromatic carbocycles. The third kappa shape index (κ3) is 3.43. The molecule has 5 nitrogen and oxygen atoms in total. The van der Waals surface area contributed by atoms with E-state index in [0.717, 1.165) is 16.9 Å². The van der Waals surface area contributed by atoms with Gasteiger partial charge in [-0.25, -0.2) is 4.98 Å². The number of aliphatic hydroxyl groups is 1. The molecule has 0 atom stereocenters. The highest BCUT2D eigenvalue weighted by molar-refractivity contribution is 5.81. The molecule has 1 N–H and O–H groups in total.